The number of rotatable bonds is 6. The van der Waals surface area contributed by atoms with Crippen LogP contribution in [0.15, 0.2) is 63.8 Å². The van der Waals surface area contributed by atoms with Crippen LogP contribution in [0.25, 0.3) is 10.9 Å². The van der Waals surface area contributed by atoms with E-state index in [1.165, 1.54) is 29.2 Å². The summed E-state index contributed by atoms with van der Waals surface area (Å²) in [5.74, 6) is 1.64. The summed E-state index contributed by atoms with van der Waals surface area (Å²) >= 11 is 6.71. The van der Waals surface area contributed by atoms with E-state index >= 15 is 0 Å². The number of ether oxygens (including phenoxy) is 1. The minimum atomic E-state index is -1.21. The Morgan fingerprint density at radius 1 is 1.17 bits per heavy atom. The summed E-state index contributed by atoms with van der Waals surface area (Å²) in [5.41, 5.74) is 2.70. The normalized spacial score (nSPS) is 18.8. The van der Waals surface area contributed by atoms with E-state index in [2.05, 4.69) is 36.7 Å². The average molecular weight is 625 g/mol. The number of anilines is 1. The fourth-order valence-electron chi connectivity index (χ4n) is 5.88. The number of benzene rings is 2. The summed E-state index contributed by atoms with van der Waals surface area (Å²) in [5, 5.41) is 1.40. The van der Waals surface area contributed by atoms with Gasteiger partial charge in [-0.3, -0.25) is 4.79 Å². The van der Waals surface area contributed by atoms with Gasteiger partial charge in [-0.2, -0.15) is 0 Å². The first-order valence-electron chi connectivity index (χ1n) is 13.8. The Balaban J connectivity index is 1.18. The van der Waals surface area contributed by atoms with Crippen LogP contribution in [0.5, 0.6) is 5.75 Å². The Morgan fingerprint density at radius 3 is 2.64 bits per heavy atom. The van der Waals surface area contributed by atoms with E-state index in [0.717, 1.165) is 43.9 Å². The number of halogens is 1. The lowest BCUT2D eigenvalue weighted by molar-refractivity contribution is 0.176. The molecule has 2 N–H and O–H groups in total. The molecular weight excluding hydrogens is 592 g/mol. The van der Waals surface area contributed by atoms with E-state index in [0.29, 0.717) is 25.8 Å². The predicted molar refractivity (Wildman–Crippen MR) is 168 cm³/mol. The third-order valence-electron chi connectivity index (χ3n) is 8.22. The van der Waals surface area contributed by atoms with Gasteiger partial charge in [0.15, 0.2) is 0 Å². The van der Waals surface area contributed by atoms with Crippen molar-refractivity contribution in [2.45, 2.75) is 60.7 Å². The molecule has 42 heavy (non-hydrogen) atoms. The summed E-state index contributed by atoms with van der Waals surface area (Å²) in [4.78, 5) is 31.4. The lowest BCUT2D eigenvalue weighted by atomic mass is 9.73. The topological polar surface area (TPSA) is 119 Å². The summed E-state index contributed by atoms with van der Waals surface area (Å²) < 4.78 is 22.0. The molecule has 6 rings (SSSR count). The molecule has 0 saturated carbocycles. The second-order valence-electron chi connectivity index (χ2n) is 11.8. The van der Waals surface area contributed by atoms with Gasteiger partial charge in [0.05, 0.1) is 47.8 Å². The van der Waals surface area contributed by atoms with Crippen molar-refractivity contribution in [3.05, 3.63) is 75.6 Å². The van der Waals surface area contributed by atoms with E-state index < -0.39 is 11.4 Å². The van der Waals surface area contributed by atoms with Crippen LogP contribution in [0, 0.1) is 5.41 Å². The van der Waals surface area contributed by atoms with E-state index in [1.54, 1.807) is 25.6 Å². The number of nitrogens with one attached hydrogen (secondary N) is 2. The molecule has 2 aromatic carbocycles. The zero-order valence-electron chi connectivity index (χ0n) is 23.9. The van der Waals surface area contributed by atoms with Gasteiger partial charge in [-0.25, -0.2) is 15.0 Å². The molecule has 2 aliphatic rings. The first kappa shape index (κ1) is 29.3. The highest BCUT2D eigenvalue weighted by molar-refractivity contribution is 7.99. The van der Waals surface area contributed by atoms with Crippen molar-refractivity contribution in [3.63, 3.8) is 0 Å². The fourth-order valence-corrected chi connectivity index (χ4v) is 7.95. The smallest absolute Gasteiger partial charge is 0.260 e. The van der Waals surface area contributed by atoms with Crippen molar-refractivity contribution in [2.24, 2.45) is 5.41 Å². The first-order valence-corrected chi connectivity index (χ1v) is 16.2. The Bertz CT molecular complexity index is 1670. The van der Waals surface area contributed by atoms with Crippen molar-refractivity contribution in [1.82, 2.24) is 24.7 Å². The van der Waals surface area contributed by atoms with Crippen molar-refractivity contribution in [3.8, 4) is 5.75 Å². The van der Waals surface area contributed by atoms with Gasteiger partial charge in [-0.1, -0.05) is 29.4 Å². The predicted octanol–water partition coefficient (Wildman–Crippen LogP) is 5.46. The lowest BCUT2D eigenvalue weighted by Gasteiger charge is -2.44. The molecule has 0 radical (unpaired) electrons. The lowest BCUT2D eigenvalue weighted by Crippen LogP contribution is -2.49. The Hall–Kier alpha value is -2.83. The van der Waals surface area contributed by atoms with E-state index in [9.17, 15) is 9.35 Å². The monoisotopic (exact) mass is 624 g/mol. The number of H-pyrrole nitrogens is 1. The molecule has 9 nitrogen and oxygen atoms in total. The molecule has 1 saturated heterocycles. The van der Waals surface area contributed by atoms with Crippen LogP contribution in [0.4, 0.5) is 5.82 Å². The van der Waals surface area contributed by atoms with Crippen LogP contribution in [-0.2, 0) is 17.8 Å². The van der Waals surface area contributed by atoms with E-state index in [4.69, 9.17) is 21.3 Å². The Morgan fingerprint density at radius 2 is 1.95 bits per heavy atom. The number of aromatic nitrogens is 4. The highest BCUT2D eigenvalue weighted by Gasteiger charge is 2.50. The van der Waals surface area contributed by atoms with E-state index in [1.807, 2.05) is 32.9 Å². The van der Waals surface area contributed by atoms with Gasteiger partial charge in [0.2, 0.25) is 0 Å². The van der Waals surface area contributed by atoms with Gasteiger partial charge < -0.3 is 19.2 Å². The van der Waals surface area contributed by atoms with Gasteiger partial charge in [0, 0.05) is 34.8 Å². The molecular formula is C30H33ClN6O3S2. The maximum absolute atomic E-state index is 13.3. The molecule has 4 aromatic rings. The first-order chi connectivity index (χ1) is 20.1. The van der Waals surface area contributed by atoms with Gasteiger partial charge in [-0.15, -0.1) is 4.72 Å². The number of piperidine rings is 1. The molecule has 1 aliphatic heterocycles. The molecule has 2 atom stereocenters. The zero-order valence-corrected chi connectivity index (χ0v) is 26.3. The second kappa shape index (κ2) is 11.3. The summed E-state index contributed by atoms with van der Waals surface area (Å²) in [7, 11) is 1.68. The van der Waals surface area contributed by atoms with Crippen molar-refractivity contribution in [2.75, 3.05) is 25.1 Å². The van der Waals surface area contributed by atoms with Crippen molar-refractivity contribution < 1.29 is 9.29 Å². The van der Waals surface area contributed by atoms with Crippen LogP contribution < -0.4 is 19.9 Å². The van der Waals surface area contributed by atoms with Crippen LogP contribution in [0.3, 0.4) is 0 Å². The Labute approximate surface area is 257 Å². The van der Waals surface area contributed by atoms with Crippen molar-refractivity contribution >= 4 is 51.4 Å². The number of hydrogen-bond donors (Lipinski definition) is 2. The maximum atomic E-state index is 13.3. The number of methoxy groups -OCH3 is 1. The summed E-state index contributed by atoms with van der Waals surface area (Å²) in [6.45, 7) is 7.63. The number of fused-ring (bicyclic) bond motifs is 2. The molecule has 1 spiro atoms. The molecule has 0 bridgehead atoms. The van der Waals surface area contributed by atoms with Crippen LogP contribution in [0.2, 0.25) is 5.02 Å². The van der Waals surface area contributed by atoms with Crippen LogP contribution in [0.1, 0.15) is 50.8 Å². The van der Waals surface area contributed by atoms with Crippen LogP contribution >= 0.6 is 23.4 Å². The standard InChI is InChI=1S/C30H33ClN6O3S2/c1-29(2,3)42(39)36-27-20-13-19(40-4)6-5-18(20)14-30(27)9-11-37(12-10-30)23-15-33-24(16-32-23)41-22-8-7-21-25(26(22)31)28(38)35-17-34-21/h5-8,13,15-17,27,36H,9-12,14H2,1-4H3,(H,34,35,38)/t27-,42?/m1/s1. The summed E-state index contributed by atoms with van der Waals surface area (Å²) in [6.07, 6.45) is 7.69. The minimum Gasteiger partial charge on any atom is -0.598 e. The van der Waals surface area contributed by atoms with Gasteiger partial charge >= 0.3 is 0 Å². The molecule has 3 heterocycles. The minimum absolute atomic E-state index is 0.0243. The highest BCUT2D eigenvalue weighted by Crippen LogP contribution is 2.53. The number of aromatic amines is 1. The molecule has 2 aromatic heterocycles. The Kier molecular flexibility index (Phi) is 7.90. The molecule has 220 valence electrons. The highest BCUT2D eigenvalue weighted by atomic mass is 35.5. The van der Waals surface area contributed by atoms with E-state index in [-0.39, 0.29) is 21.8 Å². The molecule has 1 unspecified atom stereocenters. The fraction of sp³-hybridized carbons (Fsp3) is 0.400. The van der Waals surface area contributed by atoms with Crippen LogP contribution in [-0.4, -0.2) is 49.4 Å². The molecule has 1 aliphatic carbocycles. The van der Waals surface area contributed by atoms with Crippen molar-refractivity contribution in [1.29, 1.82) is 0 Å². The number of nitrogens with zero attached hydrogens (tertiary/aromatic N) is 4. The third kappa shape index (κ3) is 5.48. The average Bonchev–Trinajstić information content (AvgIpc) is 3.26. The molecule has 1 fully saturated rings. The SMILES string of the molecule is COc1ccc2c(c1)[C@@H](N[S+]([O-])C(C)(C)C)C1(CCN(c3cnc(Sc4ccc5nc[nH]c(=O)c5c4Cl)cn3)CC1)C2. The van der Waals surface area contributed by atoms with Gasteiger partial charge in [-0.05, 0) is 75.4 Å². The molecule has 12 heteroatoms. The van der Waals surface area contributed by atoms with Gasteiger partial charge in [0.25, 0.3) is 5.56 Å². The maximum Gasteiger partial charge on any atom is 0.260 e. The third-order valence-corrected chi connectivity index (χ3v) is 11.3. The number of hydrogen-bond acceptors (Lipinski definition) is 9. The largest absolute Gasteiger partial charge is 0.598 e. The van der Waals surface area contributed by atoms with Gasteiger partial charge in [0.1, 0.15) is 21.3 Å². The molecule has 0 amide bonds. The zero-order chi connectivity index (χ0) is 29.6. The second-order valence-corrected chi connectivity index (χ2v) is 15.3. The summed E-state index contributed by atoms with van der Waals surface area (Å²) in [6, 6.07) is 9.86. The quantitative estimate of drug-likeness (QED) is 0.269.